The Morgan fingerprint density at radius 1 is 1.00 bits per heavy atom. The minimum absolute atomic E-state index is 0.103. The van der Waals surface area contributed by atoms with Crippen LogP contribution >= 0.6 is 11.6 Å². The predicted molar refractivity (Wildman–Crippen MR) is 151 cm³/mol. The summed E-state index contributed by atoms with van der Waals surface area (Å²) in [6.07, 6.45) is 1.96. The molecule has 3 heterocycles. The summed E-state index contributed by atoms with van der Waals surface area (Å²) in [6.45, 7) is 5.34. The molecule has 39 heavy (non-hydrogen) atoms. The SMILES string of the molecule is COc1ccc(NS(=O)(=O)c2ccc(N3CCN(C(=O)[C@@H](C)N4CCCc5cc(Cl)ccc54)CC3)cc2)nn1. The van der Waals surface area contributed by atoms with Crippen molar-refractivity contribution in [3.05, 3.63) is 65.2 Å². The van der Waals surface area contributed by atoms with Crippen LogP contribution in [0.15, 0.2) is 59.5 Å². The maximum absolute atomic E-state index is 13.4. The van der Waals surface area contributed by atoms with E-state index in [4.69, 9.17) is 16.3 Å². The van der Waals surface area contributed by atoms with E-state index >= 15 is 0 Å². The van der Waals surface area contributed by atoms with Crippen molar-refractivity contribution in [2.75, 3.05) is 54.4 Å². The summed E-state index contributed by atoms with van der Waals surface area (Å²) >= 11 is 6.19. The highest BCUT2D eigenvalue weighted by Gasteiger charge is 2.31. The number of hydrogen-bond acceptors (Lipinski definition) is 8. The highest BCUT2D eigenvalue weighted by atomic mass is 35.5. The lowest BCUT2D eigenvalue weighted by Gasteiger charge is -2.41. The lowest BCUT2D eigenvalue weighted by Crippen LogP contribution is -2.55. The number of methoxy groups -OCH3 is 1. The number of nitrogens with zero attached hydrogens (tertiary/aromatic N) is 5. The second kappa shape index (κ2) is 11.3. The molecule has 1 N–H and O–H groups in total. The highest BCUT2D eigenvalue weighted by Crippen LogP contribution is 2.31. The summed E-state index contributed by atoms with van der Waals surface area (Å²) in [7, 11) is -2.36. The second-order valence-corrected chi connectivity index (χ2v) is 11.7. The van der Waals surface area contributed by atoms with Gasteiger partial charge in [-0.15, -0.1) is 10.2 Å². The van der Waals surface area contributed by atoms with E-state index in [0.717, 1.165) is 35.8 Å². The normalized spacial score (nSPS) is 16.4. The van der Waals surface area contributed by atoms with E-state index in [1.54, 1.807) is 24.3 Å². The highest BCUT2D eigenvalue weighted by molar-refractivity contribution is 7.92. The molecule has 0 unspecified atom stereocenters. The molecule has 0 bridgehead atoms. The van der Waals surface area contributed by atoms with Gasteiger partial charge in [0.1, 0.15) is 6.04 Å². The Kier molecular flexibility index (Phi) is 7.81. The number of piperazine rings is 1. The minimum atomic E-state index is -3.82. The van der Waals surface area contributed by atoms with Gasteiger partial charge in [0.25, 0.3) is 10.0 Å². The van der Waals surface area contributed by atoms with Gasteiger partial charge in [-0.2, -0.15) is 0 Å². The number of sulfonamides is 1. The van der Waals surface area contributed by atoms with Crippen molar-refractivity contribution < 1.29 is 17.9 Å². The summed E-state index contributed by atoms with van der Waals surface area (Å²) in [5, 5.41) is 8.31. The van der Waals surface area contributed by atoms with Gasteiger partial charge in [0.15, 0.2) is 5.82 Å². The Hall–Kier alpha value is -3.57. The quantitative estimate of drug-likeness (QED) is 0.460. The number of aryl methyl sites for hydroxylation is 1. The van der Waals surface area contributed by atoms with Crippen molar-refractivity contribution in [1.29, 1.82) is 0 Å². The number of benzene rings is 2. The van der Waals surface area contributed by atoms with Gasteiger partial charge in [0.2, 0.25) is 11.8 Å². The zero-order valence-corrected chi connectivity index (χ0v) is 23.5. The molecule has 12 heteroatoms. The Bertz CT molecular complexity index is 1430. The van der Waals surface area contributed by atoms with E-state index in [0.29, 0.717) is 32.1 Å². The van der Waals surface area contributed by atoms with Crippen LogP contribution in [0.3, 0.4) is 0 Å². The van der Waals surface area contributed by atoms with Crippen LogP contribution in [0.1, 0.15) is 18.9 Å². The predicted octanol–water partition coefficient (Wildman–Crippen LogP) is 3.43. The van der Waals surface area contributed by atoms with Gasteiger partial charge in [0, 0.05) is 55.2 Å². The maximum atomic E-state index is 13.4. The number of nitrogens with one attached hydrogen (secondary N) is 1. The first-order valence-electron chi connectivity index (χ1n) is 12.8. The fourth-order valence-corrected chi connectivity index (χ4v) is 6.29. The number of hydrogen-bond donors (Lipinski definition) is 1. The average molecular weight is 571 g/mol. The van der Waals surface area contributed by atoms with Gasteiger partial charge in [0.05, 0.1) is 12.0 Å². The molecule has 2 aliphatic heterocycles. The number of carbonyl (C=O) groups is 1. The molecule has 2 aromatic carbocycles. The first-order valence-corrected chi connectivity index (χ1v) is 14.7. The number of fused-ring (bicyclic) bond motifs is 1. The smallest absolute Gasteiger partial charge is 0.263 e. The molecule has 3 aromatic rings. The number of rotatable bonds is 7. The molecule has 1 fully saturated rings. The van der Waals surface area contributed by atoms with Crippen LogP contribution in [0.4, 0.5) is 17.2 Å². The molecule has 10 nitrogen and oxygen atoms in total. The topological polar surface area (TPSA) is 108 Å². The van der Waals surface area contributed by atoms with Gasteiger partial charge in [-0.3, -0.25) is 9.52 Å². The van der Waals surface area contributed by atoms with E-state index in [2.05, 4.69) is 24.7 Å². The third kappa shape index (κ3) is 5.89. The standard InChI is InChI=1S/C27H31ClN6O4S/c1-19(34-13-3-4-20-18-21(28)5-10-24(20)34)27(35)33-16-14-32(15-17-33)22-6-8-23(9-7-22)39(36,37)31-25-11-12-26(38-2)30-29-25/h5-12,18-19H,3-4,13-17H2,1-2H3,(H,29,31)/t19-/m1/s1. The van der Waals surface area contributed by atoms with Crippen molar-refractivity contribution in [3.8, 4) is 5.88 Å². The largest absolute Gasteiger partial charge is 0.480 e. The van der Waals surface area contributed by atoms with Gasteiger partial charge in [-0.1, -0.05) is 11.6 Å². The number of halogens is 1. The molecule has 206 valence electrons. The van der Waals surface area contributed by atoms with E-state index < -0.39 is 10.0 Å². The molecule has 1 atom stereocenters. The number of aromatic nitrogens is 2. The second-order valence-electron chi connectivity index (χ2n) is 9.62. The molecule has 1 saturated heterocycles. The number of carbonyl (C=O) groups excluding carboxylic acids is 1. The Morgan fingerprint density at radius 2 is 1.74 bits per heavy atom. The van der Waals surface area contributed by atoms with Crippen LogP contribution in [-0.4, -0.2) is 75.3 Å². The van der Waals surface area contributed by atoms with Gasteiger partial charge in [-0.25, -0.2) is 8.42 Å². The average Bonchev–Trinajstić information content (AvgIpc) is 2.96. The molecular weight excluding hydrogens is 540 g/mol. The van der Waals surface area contributed by atoms with Crippen molar-refractivity contribution in [2.24, 2.45) is 0 Å². The number of amides is 1. The van der Waals surface area contributed by atoms with Crippen molar-refractivity contribution >= 4 is 44.7 Å². The van der Waals surface area contributed by atoms with E-state index in [1.807, 2.05) is 30.0 Å². The van der Waals surface area contributed by atoms with Gasteiger partial charge in [-0.05, 0) is 73.9 Å². The molecule has 5 rings (SSSR count). The lowest BCUT2D eigenvalue weighted by atomic mass is 10.00. The molecule has 1 amide bonds. The fourth-order valence-electron chi connectivity index (χ4n) is 5.10. The number of ether oxygens (including phenoxy) is 1. The molecule has 2 aliphatic rings. The summed E-state index contributed by atoms with van der Waals surface area (Å²) < 4.78 is 32.9. The van der Waals surface area contributed by atoms with Crippen LogP contribution in [-0.2, 0) is 21.2 Å². The Morgan fingerprint density at radius 3 is 2.41 bits per heavy atom. The van der Waals surface area contributed by atoms with Gasteiger partial charge >= 0.3 is 0 Å². The van der Waals surface area contributed by atoms with Crippen molar-refractivity contribution in [1.82, 2.24) is 15.1 Å². The monoisotopic (exact) mass is 570 g/mol. The molecule has 0 aliphatic carbocycles. The van der Waals surface area contributed by atoms with Crippen LogP contribution in [0.25, 0.3) is 0 Å². The fraction of sp³-hybridized carbons (Fsp3) is 0.370. The first kappa shape index (κ1) is 27.0. The molecule has 0 radical (unpaired) electrons. The maximum Gasteiger partial charge on any atom is 0.263 e. The number of anilines is 3. The van der Waals surface area contributed by atoms with Crippen LogP contribution in [0.5, 0.6) is 5.88 Å². The first-order chi connectivity index (χ1) is 18.7. The van der Waals surface area contributed by atoms with Crippen LogP contribution in [0.2, 0.25) is 5.02 Å². The summed E-state index contributed by atoms with van der Waals surface area (Å²) in [6, 6.07) is 15.3. The van der Waals surface area contributed by atoms with Crippen LogP contribution < -0.4 is 19.3 Å². The Labute approximate surface area is 233 Å². The summed E-state index contributed by atoms with van der Waals surface area (Å²) in [4.78, 5) is 19.8. The Balaban J connectivity index is 1.18. The van der Waals surface area contributed by atoms with Crippen LogP contribution in [0, 0.1) is 0 Å². The molecular formula is C27H31ClN6O4S. The zero-order chi connectivity index (χ0) is 27.6. The molecule has 1 aromatic heterocycles. The lowest BCUT2D eigenvalue weighted by molar-refractivity contribution is -0.132. The van der Waals surface area contributed by atoms with Crippen molar-refractivity contribution in [2.45, 2.75) is 30.7 Å². The molecule has 0 spiro atoms. The van der Waals surface area contributed by atoms with E-state index in [9.17, 15) is 13.2 Å². The van der Waals surface area contributed by atoms with Crippen molar-refractivity contribution in [3.63, 3.8) is 0 Å². The summed E-state index contributed by atoms with van der Waals surface area (Å²) in [5.41, 5.74) is 3.18. The molecule has 0 saturated carbocycles. The summed E-state index contributed by atoms with van der Waals surface area (Å²) in [5.74, 6) is 0.513. The van der Waals surface area contributed by atoms with E-state index in [-0.39, 0.29) is 22.7 Å². The van der Waals surface area contributed by atoms with E-state index in [1.165, 1.54) is 24.8 Å². The van der Waals surface area contributed by atoms with Gasteiger partial charge < -0.3 is 19.4 Å². The third-order valence-electron chi connectivity index (χ3n) is 7.21. The minimum Gasteiger partial charge on any atom is -0.480 e. The third-order valence-corrected chi connectivity index (χ3v) is 8.82. The zero-order valence-electron chi connectivity index (χ0n) is 21.9.